The van der Waals surface area contributed by atoms with Crippen LogP contribution < -0.4 is 5.32 Å². The molecule has 2 atom stereocenters. The Hall–Kier alpha value is -2.19. The lowest BCUT2D eigenvalue weighted by molar-refractivity contribution is -0.141. The molecule has 0 aliphatic carbocycles. The maximum Gasteiger partial charge on any atom is 0.412 e. The van der Waals surface area contributed by atoms with E-state index in [0.717, 1.165) is 10.0 Å². The summed E-state index contributed by atoms with van der Waals surface area (Å²) in [6, 6.07) is 13.6. The average molecular weight is 468 g/mol. The number of rotatable bonds is 8. The Morgan fingerprint density at radius 2 is 1.79 bits per heavy atom. The van der Waals surface area contributed by atoms with Gasteiger partial charge in [-0.15, -0.1) is 0 Å². The van der Waals surface area contributed by atoms with E-state index in [4.69, 9.17) is 9.47 Å². The summed E-state index contributed by atoms with van der Waals surface area (Å²) in [5.41, 5.74) is 1.34. The smallest absolute Gasteiger partial charge is 0.412 e. The number of hydrogen-bond acceptors (Lipinski definition) is 6. The van der Waals surface area contributed by atoms with E-state index in [1.54, 1.807) is 24.3 Å². The van der Waals surface area contributed by atoms with Gasteiger partial charge in [-0.2, -0.15) is 12.6 Å². The maximum absolute atomic E-state index is 12.4. The molecule has 0 aliphatic heterocycles. The maximum atomic E-state index is 12.4. The van der Waals surface area contributed by atoms with Gasteiger partial charge in [-0.25, -0.2) is 4.79 Å². The summed E-state index contributed by atoms with van der Waals surface area (Å²) in [6.45, 7) is 2.10. The molecule has 0 aliphatic rings. The SMILES string of the molecule is C[C@H](CCOC(=O)CS)[C@H](OC(=O)Nc1ccc(Br)cc1)c1ccc(O)cc1. The molecule has 0 unspecified atom stereocenters. The summed E-state index contributed by atoms with van der Waals surface area (Å²) in [5.74, 6) is -0.391. The highest BCUT2D eigenvalue weighted by Crippen LogP contribution is 2.30. The number of carbonyl (C=O) groups excluding carboxylic acids is 2. The number of halogens is 1. The van der Waals surface area contributed by atoms with E-state index in [1.165, 1.54) is 12.1 Å². The zero-order valence-electron chi connectivity index (χ0n) is 15.3. The van der Waals surface area contributed by atoms with E-state index in [-0.39, 0.29) is 24.0 Å². The van der Waals surface area contributed by atoms with Crippen molar-refractivity contribution in [1.29, 1.82) is 0 Å². The van der Waals surface area contributed by atoms with Gasteiger partial charge in [0.15, 0.2) is 0 Å². The first-order valence-electron chi connectivity index (χ1n) is 8.67. The Bertz CT molecular complexity index is 782. The second kappa shape index (κ2) is 11.0. The van der Waals surface area contributed by atoms with E-state index >= 15 is 0 Å². The molecule has 0 bridgehead atoms. The number of anilines is 1. The molecule has 8 heteroatoms. The molecule has 0 saturated heterocycles. The van der Waals surface area contributed by atoms with Crippen LogP contribution in [0.3, 0.4) is 0 Å². The molecule has 6 nitrogen and oxygen atoms in total. The van der Waals surface area contributed by atoms with Gasteiger partial charge in [-0.1, -0.05) is 35.0 Å². The number of hydrogen-bond donors (Lipinski definition) is 3. The summed E-state index contributed by atoms with van der Waals surface area (Å²) in [5, 5.41) is 12.2. The van der Waals surface area contributed by atoms with E-state index < -0.39 is 18.2 Å². The highest BCUT2D eigenvalue weighted by Gasteiger charge is 2.24. The van der Waals surface area contributed by atoms with E-state index in [2.05, 4.69) is 33.9 Å². The quantitative estimate of drug-likeness (QED) is 0.378. The third-order valence-electron chi connectivity index (χ3n) is 4.03. The molecule has 0 spiro atoms. The minimum Gasteiger partial charge on any atom is -0.508 e. The normalized spacial score (nSPS) is 12.7. The molecule has 2 aromatic carbocycles. The molecular formula is C20H22BrNO5S. The monoisotopic (exact) mass is 467 g/mol. The highest BCUT2D eigenvalue weighted by atomic mass is 79.9. The lowest BCUT2D eigenvalue weighted by Gasteiger charge is -2.25. The van der Waals surface area contributed by atoms with Gasteiger partial charge in [-0.05, 0) is 48.4 Å². The number of benzene rings is 2. The zero-order chi connectivity index (χ0) is 20.5. The van der Waals surface area contributed by atoms with Crippen LogP contribution in [-0.2, 0) is 14.3 Å². The van der Waals surface area contributed by atoms with Crippen LogP contribution in [0.25, 0.3) is 0 Å². The van der Waals surface area contributed by atoms with Crippen LogP contribution in [0.5, 0.6) is 5.75 Å². The van der Waals surface area contributed by atoms with E-state index in [9.17, 15) is 14.7 Å². The van der Waals surface area contributed by atoms with Crippen LogP contribution in [0.15, 0.2) is 53.0 Å². The average Bonchev–Trinajstić information content (AvgIpc) is 2.68. The molecule has 0 heterocycles. The third-order valence-corrected chi connectivity index (χ3v) is 4.82. The number of thiol groups is 1. The van der Waals surface area contributed by atoms with Gasteiger partial charge in [-0.3, -0.25) is 10.1 Å². The van der Waals surface area contributed by atoms with Crippen molar-refractivity contribution in [2.24, 2.45) is 5.92 Å². The Labute approximate surface area is 177 Å². The molecular weight excluding hydrogens is 446 g/mol. The number of amides is 1. The van der Waals surface area contributed by atoms with E-state index in [1.807, 2.05) is 19.1 Å². The number of nitrogens with one attached hydrogen (secondary N) is 1. The van der Waals surface area contributed by atoms with Crippen molar-refractivity contribution in [2.45, 2.75) is 19.4 Å². The lowest BCUT2D eigenvalue weighted by Crippen LogP contribution is -2.23. The first-order chi connectivity index (χ1) is 13.4. The van der Waals surface area contributed by atoms with Crippen molar-refractivity contribution in [1.82, 2.24) is 0 Å². The van der Waals surface area contributed by atoms with Crippen molar-refractivity contribution in [3.05, 3.63) is 58.6 Å². The fraction of sp³-hybridized carbons (Fsp3) is 0.300. The molecule has 150 valence electrons. The number of esters is 1. The van der Waals surface area contributed by atoms with Crippen molar-refractivity contribution in [3.8, 4) is 5.75 Å². The molecule has 28 heavy (non-hydrogen) atoms. The number of phenolic OH excluding ortho intramolecular Hbond substituents is 1. The molecule has 0 saturated carbocycles. The Balaban J connectivity index is 2.06. The standard InChI is InChI=1S/C20H22BrNO5S/c1-13(10-11-26-18(24)12-28)19(14-2-8-17(23)9-3-14)27-20(25)22-16-6-4-15(21)5-7-16/h2-9,13,19,23,28H,10-12H2,1H3,(H,22,25)/t13-,19+/m1/s1. The molecule has 2 N–H and O–H groups in total. The van der Waals surface area contributed by atoms with Gasteiger partial charge < -0.3 is 14.6 Å². The van der Waals surface area contributed by atoms with Crippen LogP contribution in [0.4, 0.5) is 10.5 Å². The first kappa shape index (κ1) is 22.1. The van der Waals surface area contributed by atoms with Gasteiger partial charge in [0, 0.05) is 16.1 Å². The second-order valence-corrected chi connectivity index (χ2v) is 7.43. The topological polar surface area (TPSA) is 84.9 Å². The summed E-state index contributed by atoms with van der Waals surface area (Å²) >= 11 is 7.21. The zero-order valence-corrected chi connectivity index (χ0v) is 17.8. The summed E-state index contributed by atoms with van der Waals surface area (Å²) < 4.78 is 11.6. The number of aromatic hydroxyl groups is 1. The minimum absolute atomic E-state index is 0.0157. The predicted octanol–water partition coefficient (Wildman–Crippen LogP) is 4.94. The van der Waals surface area contributed by atoms with Crippen LogP contribution in [0, 0.1) is 5.92 Å². The predicted molar refractivity (Wildman–Crippen MR) is 114 cm³/mol. The molecule has 2 rings (SSSR count). The summed E-state index contributed by atoms with van der Waals surface area (Å²) in [6.07, 6.45) is -0.679. The van der Waals surface area contributed by atoms with Crippen LogP contribution in [0.2, 0.25) is 0 Å². The van der Waals surface area contributed by atoms with Crippen molar-refractivity contribution < 1.29 is 24.2 Å². The second-order valence-electron chi connectivity index (χ2n) is 6.19. The number of phenols is 1. The fourth-order valence-electron chi connectivity index (χ4n) is 2.53. The fourth-order valence-corrected chi connectivity index (χ4v) is 2.88. The van der Waals surface area contributed by atoms with Gasteiger partial charge >= 0.3 is 12.1 Å². The van der Waals surface area contributed by atoms with E-state index in [0.29, 0.717) is 12.1 Å². The van der Waals surface area contributed by atoms with Crippen LogP contribution >= 0.6 is 28.6 Å². The first-order valence-corrected chi connectivity index (χ1v) is 10.1. The summed E-state index contributed by atoms with van der Waals surface area (Å²) in [4.78, 5) is 23.6. The Kier molecular flexibility index (Phi) is 8.66. The highest BCUT2D eigenvalue weighted by molar-refractivity contribution is 9.10. The molecule has 2 aromatic rings. The van der Waals surface area contributed by atoms with Crippen LogP contribution in [-0.4, -0.2) is 29.5 Å². The molecule has 0 radical (unpaired) electrons. The van der Waals surface area contributed by atoms with Crippen molar-refractivity contribution in [2.75, 3.05) is 17.7 Å². The van der Waals surface area contributed by atoms with Crippen molar-refractivity contribution in [3.63, 3.8) is 0 Å². The lowest BCUT2D eigenvalue weighted by atomic mass is 9.94. The summed E-state index contributed by atoms with van der Waals surface area (Å²) in [7, 11) is 0. The molecule has 0 fully saturated rings. The third kappa shape index (κ3) is 7.09. The molecule has 0 aromatic heterocycles. The minimum atomic E-state index is -0.598. The van der Waals surface area contributed by atoms with Gasteiger partial charge in [0.25, 0.3) is 0 Å². The van der Waals surface area contributed by atoms with Crippen LogP contribution in [0.1, 0.15) is 25.0 Å². The van der Waals surface area contributed by atoms with Crippen molar-refractivity contribution >= 4 is 46.3 Å². The van der Waals surface area contributed by atoms with Gasteiger partial charge in [0.2, 0.25) is 0 Å². The van der Waals surface area contributed by atoms with Gasteiger partial charge in [0.05, 0.1) is 12.4 Å². The van der Waals surface area contributed by atoms with Gasteiger partial charge in [0.1, 0.15) is 11.9 Å². The Morgan fingerprint density at radius 1 is 1.14 bits per heavy atom. The number of ether oxygens (including phenoxy) is 2. The number of carbonyl (C=O) groups is 2. The molecule has 1 amide bonds. The largest absolute Gasteiger partial charge is 0.508 e. The Morgan fingerprint density at radius 3 is 2.39 bits per heavy atom.